The normalized spacial score (nSPS) is 18.1. The summed E-state index contributed by atoms with van der Waals surface area (Å²) in [5.74, 6) is 5.97. The zero-order chi connectivity index (χ0) is 26.0. The van der Waals surface area contributed by atoms with Crippen LogP contribution in [0.1, 0.15) is 31.9 Å². The predicted octanol–water partition coefficient (Wildman–Crippen LogP) is 4.05. The first-order valence-electron chi connectivity index (χ1n) is 11.1. The van der Waals surface area contributed by atoms with Gasteiger partial charge in [-0.15, -0.1) is 11.3 Å². The Morgan fingerprint density at radius 1 is 1.14 bits per heavy atom. The highest BCUT2D eigenvalue weighted by Gasteiger charge is 2.51. The van der Waals surface area contributed by atoms with Gasteiger partial charge in [0.1, 0.15) is 10.3 Å². The van der Waals surface area contributed by atoms with E-state index < -0.39 is 27.9 Å². The number of hydrogen-bond donors (Lipinski definition) is 1. The third kappa shape index (κ3) is 5.84. The van der Waals surface area contributed by atoms with E-state index in [4.69, 9.17) is 4.74 Å². The van der Waals surface area contributed by atoms with Gasteiger partial charge in [0.2, 0.25) is 0 Å². The first-order chi connectivity index (χ1) is 16.3. The number of ether oxygens (including phenoxy) is 1. The van der Waals surface area contributed by atoms with Crippen LogP contribution in [0, 0.1) is 17.8 Å². The van der Waals surface area contributed by atoms with Crippen LogP contribution in [0.3, 0.4) is 0 Å². The minimum absolute atomic E-state index is 0.0587. The van der Waals surface area contributed by atoms with Crippen LogP contribution in [-0.4, -0.2) is 63.4 Å². The largest absolute Gasteiger partial charge is 0.421 e. The molecule has 1 aliphatic rings. The van der Waals surface area contributed by atoms with Gasteiger partial charge in [-0.2, -0.15) is 17.5 Å². The maximum atomic E-state index is 13.5. The fourth-order valence-corrected chi connectivity index (χ4v) is 6.30. The Labute approximate surface area is 208 Å². The standard InChI is InChI=1S/C24H29F3N2O4S2/c1-17(2)21(33-4)10-7-18-16-19(23(3,30)24(25,26)27)8-9-20(18)28-11-13-29(14-12-28)35(31,32)22-6-5-15-34-22/h5-6,8-9,15-17,21,30H,11-14H2,1-4H3/t21-,23?/m0/s1. The van der Waals surface area contributed by atoms with E-state index in [1.165, 1.54) is 29.6 Å². The molecule has 0 saturated carbocycles. The topological polar surface area (TPSA) is 70.1 Å². The third-order valence-corrected chi connectivity index (χ3v) is 9.26. The SMILES string of the molecule is CO[C@@H](C#Cc1cc(C(C)(O)C(F)(F)F)ccc1N1CCN(S(=O)(=O)c2cccs2)CC1)C(C)C. The molecule has 1 fully saturated rings. The lowest BCUT2D eigenvalue weighted by atomic mass is 9.92. The van der Waals surface area contributed by atoms with E-state index in [9.17, 15) is 26.7 Å². The van der Waals surface area contributed by atoms with E-state index >= 15 is 0 Å². The van der Waals surface area contributed by atoms with Gasteiger partial charge in [-0.3, -0.25) is 0 Å². The van der Waals surface area contributed by atoms with E-state index in [2.05, 4.69) is 11.8 Å². The van der Waals surface area contributed by atoms with Gasteiger partial charge in [0.15, 0.2) is 5.60 Å². The number of halogens is 3. The molecule has 1 unspecified atom stereocenters. The second kappa shape index (κ2) is 10.5. The van der Waals surface area contributed by atoms with Crippen LogP contribution in [-0.2, 0) is 20.4 Å². The Kier molecular flexibility index (Phi) is 8.23. The van der Waals surface area contributed by atoms with Crippen LogP contribution in [0.25, 0.3) is 0 Å². The van der Waals surface area contributed by atoms with Gasteiger partial charge >= 0.3 is 6.18 Å². The van der Waals surface area contributed by atoms with Crippen LogP contribution in [0.15, 0.2) is 39.9 Å². The summed E-state index contributed by atoms with van der Waals surface area (Å²) in [6, 6.07) is 7.23. The van der Waals surface area contributed by atoms with Crippen molar-refractivity contribution >= 4 is 27.0 Å². The van der Waals surface area contributed by atoms with Crippen LogP contribution in [0.2, 0.25) is 0 Å². The summed E-state index contributed by atoms with van der Waals surface area (Å²) in [5.41, 5.74) is -2.49. The van der Waals surface area contributed by atoms with Crippen LogP contribution in [0.4, 0.5) is 18.9 Å². The monoisotopic (exact) mass is 530 g/mol. The number of rotatable bonds is 6. The minimum Gasteiger partial charge on any atom is -0.376 e. The molecular weight excluding hydrogens is 501 g/mol. The molecule has 1 saturated heterocycles. The van der Waals surface area contributed by atoms with Crippen LogP contribution >= 0.6 is 11.3 Å². The maximum Gasteiger partial charge on any atom is 0.421 e. The molecule has 11 heteroatoms. The van der Waals surface area contributed by atoms with E-state index in [-0.39, 0.29) is 28.8 Å². The summed E-state index contributed by atoms with van der Waals surface area (Å²) in [6.45, 7) is 5.67. The van der Waals surface area contributed by atoms with E-state index in [0.29, 0.717) is 31.3 Å². The number of sulfonamides is 1. The molecule has 2 aromatic rings. The zero-order valence-electron chi connectivity index (χ0n) is 20.0. The first-order valence-corrected chi connectivity index (χ1v) is 13.4. The molecule has 2 atom stereocenters. The molecule has 0 aliphatic carbocycles. The summed E-state index contributed by atoms with van der Waals surface area (Å²) >= 11 is 1.15. The molecule has 1 N–H and O–H groups in total. The number of methoxy groups -OCH3 is 1. The molecule has 1 aliphatic heterocycles. The second-order valence-corrected chi connectivity index (χ2v) is 11.9. The molecule has 2 heterocycles. The van der Waals surface area contributed by atoms with Gasteiger partial charge in [0.05, 0.1) is 5.69 Å². The number of piperazine rings is 1. The zero-order valence-corrected chi connectivity index (χ0v) is 21.6. The minimum atomic E-state index is -4.87. The van der Waals surface area contributed by atoms with E-state index in [1.807, 2.05) is 18.7 Å². The van der Waals surface area contributed by atoms with Crippen molar-refractivity contribution in [1.82, 2.24) is 4.31 Å². The van der Waals surface area contributed by atoms with E-state index in [0.717, 1.165) is 11.3 Å². The highest BCUT2D eigenvalue weighted by molar-refractivity contribution is 7.91. The molecule has 0 spiro atoms. The van der Waals surface area contributed by atoms with Crippen molar-refractivity contribution in [3.8, 4) is 11.8 Å². The average Bonchev–Trinajstić information content (AvgIpc) is 3.34. The molecule has 1 aromatic heterocycles. The van der Waals surface area contributed by atoms with Crippen LogP contribution in [0.5, 0.6) is 0 Å². The van der Waals surface area contributed by atoms with Gasteiger partial charge in [-0.05, 0) is 42.0 Å². The summed E-state index contributed by atoms with van der Waals surface area (Å²) in [6.07, 6.45) is -5.30. The van der Waals surface area contributed by atoms with Gasteiger partial charge in [-0.25, -0.2) is 8.42 Å². The lowest BCUT2D eigenvalue weighted by molar-refractivity contribution is -0.258. The molecule has 0 bridgehead atoms. The number of thiophene rings is 1. The van der Waals surface area contributed by atoms with Crippen molar-refractivity contribution in [1.29, 1.82) is 0 Å². The maximum absolute atomic E-state index is 13.5. The van der Waals surface area contributed by atoms with Gasteiger partial charge in [-0.1, -0.05) is 37.8 Å². The van der Waals surface area contributed by atoms with Crippen molar-refractivity contribution in [2.45, 2.75) is 42.9 Å². The van der Waals surface area contributed by atoms with Gasteiger partial charge in [0, 0.05) is 38.9 Å². The molecule has 0 radical (unpaired) electrons. The van der Waals surface area contributed by atoms with Gasteiger partial charge < -0.3 is 14.7 Å². The molecule has 35 heavy (non-hydrogen) atoms. The lowest BCUT2D eigenvalue weighted by Crippen LogP contribution is -2.48. The van der Waals surface area contributed by atoms with Crippen LogP contribution < -0.4 is 4.90 Å². The highest BCUT2D eigenvalue weighted by Crippen LogP contribution is 2.40. The number of benzene rings is 1. The fraction of sp³-hybridized carbons (Fsp3) is 0.500. The number of nitrogens with zero attached hydrogens (tertiary/aromatic N) is 2. The number of aliphatic hydroxyl groups is 1. The lowest BCUT2D eigenvalue weighted by Gasteiger charge is -2.36. The van der Waals surface area contributed by atoms with E-state index in [1.54, 1.807) is 17.5 Å². The Bertz CT molecular complexity index is 1180. The Balaban J connectivity index is 1.93. The number of anilines is 1. The Morgan fingerprint density at radius 2 is 1.80 bits per heavy atom. The number of hydrogen-bond acceptors (Lipinski definition) is 6. The Hall–Kier alpha value is -2.10. The molecule has 1 aromatic carbocycles. The van der Waals surface area contributed by atoms with Crippen molar-refractivity contribution in [3.63, 3.8) is 0 Å². The molecule has 0 amide bonds. The summed E-state index contributed by atoms with van der Waals surface area (Å²) < 4.78 is 73.1. The smallest absolute Gasteiger partial charge is 0.376 e. The average molecular weight is 531 g/mol. The quantitative estimate of drug-likeness (QED) is 0.571. The number of alkyl halides is 3. The fourth-order valence-electron chi connectivity index (χ4n) is 3.73. The van der Waals surface area contributed by atoms with Crippen molar-refractivity contribution in [2.24, 2.45) is 5.92 Å². The molecule has 192 valence electrons. The summed E-state index contributed by atoms with van der Waals surface area (Å²) in [4.78, 5) is 1.90. The summed E-state index contributed by atoms with van der Waals surface area (Å²) in [5, 5.41) is 11.9. The van der Waals surface area contributed by atoms with Gasteiger partial charge in [0.25, 0.3) is 10.0 Å². The third-order valence-electron chi connectivity index (χ3n) is 5.99. The van der Waals surface area contributed by atoms with Crippen molar-refractivity contribution in [2.75, 3.05) is 38.2 Å². The molecular formula is C24H29F3N2O4S2. The predicted molar refractivity (Wildman–Crippen MR) is 130 cm³/mol. The highest BCUT2D eigenvalue weighted by atomic mass is 32.2. The van der Waals surface area contributed by atoms with Crippen molar-refractivity contribution < 1.29 is 31.4 Å². The first kappa shape index (κ1) is 27.5. The molecule has 6 nitrogen and oxygen atoms in total. The second-order valence-electron chi connectivity index (χ2n) is 8.79. The molecule has 3 rings (SSSR count). The van der Waals surface area contributed by atoms with Crippen molar-refractivity contribution in [3.05, 3.63) is 46.8 Å². The Morgan fingerprint density at radius 3 is 2.31 bits per heavy atom. The summed E-state index contributed by atoms with van der Waals surface area (Å²) in [7, 11) is -2.08.